The molecule has 0 saturated carbocycles. The Morgan fingerprint density at radius 3 is 1.31 bits per heavy atom. The number of hydrogen-bond donors (Lipinski definition) is 1. The number of hydrogen-bond acceptors (Lipinski definition) is 1. The van der Waals surface area contributed by atoms with Crippen molar-refractivity contribution in [2.45, 2.75) is 63.5 Å². The summed E-state index contributed by atoms with van der Waals surface area (Å²) < 4.78 is 2.35. The Labute approximate surface area is 228 Å². The second-order valence-corrected chi connectivity index (χ2v) is 11.8. The van der Waals surface area contributed by atoms with Gasteiger partial charge in [0, 0.05) is 31.9 Å². The summed E-state index contributed by atoms with van der Waals surface area (Å²) in [5.74, 6) is 1.01. The van der Waals surface area contributed by atoms with Gasteiger partial charge in [-0.2, -0.15) is 0 Å². The molecule has 0 radical (unpaired) electrons. The lowest BCUT2D eigenvalue weighted by Gasteiger charge is -2.39. The molecule has 0 heterocycles. The van der Waals surface area contributed by atoms with Gasteiger partial charge in [0.05, 0.1) is 0 Å². The minimum atomic E-state index is -0.0867. The maximum atomic E-state index is 3.81. The zero-order valence-electron chi connectivity index (χ0n) is 21.2. The first-order valence-corrected chi connectivity index (χ1v) is 14.5. The highest BCUT2D eigenvalue weighted by Crippen LogP contribution is 2.44. The fourth-order valence-electron chi connectivity index (χ4n) is 5.58. The molecule has 35 heavy (non-hydrogen) atoms. The van der Waals surface area contributed by atoms with Crippen molar-refractivity contribution in [1.29, 1.82) is 0 Å². The molecular weight excluding hydrogens is 558 g/mol. The van der Waals surface area contributed by atoms with Crippen molar-refractivity contribution in [2.75, 3.05) is 0 Å². The van der Waals surface area contributed by atoms with Crippen molar-refractivity contribution in [3.8, 4) is 0 Å². The van der Waals surface area contributed by atoms with E-state index in [9.17, 15) is 0 Å². The molecule has 4 rings (SSSR count). The Balaban J connectivity index is 1.54. The van der Waals surface area contributed by atoms with Gasteiger partial charge in [-0.25, -0.2) is 0 Å². The molecule has 2 aromatic carbocycles. The van der Waals surface area contributed by atoms with Crippen molar-refractivity contribution in [2.24, 2.45) is 11.8 Å². The van der Waals surface area contributed by atoms with E-state index in [0.717, 1.165) is 12.8 Å². The first kappa shape index (κ1) is 26.4. The zero-order chi connectivity index (χ0) is 25.1. The number of halogens is 2. The lowest BCUT2D eigenvalue weighted by Crippen LogP contribution is -2.41. The summed E-state index contributed by atoms with van der Waals surface area (Å²) in [6, 6.07) is 17.7. The van der Waals surface area contributed by atoms with E-state index in [1.165, 1.54) is 20.1 Å². The van der Waals surface area contributed by atoms with Crippen LogP contribution in [0, 0.1) is 11.8 Å². The minimum absolute atomic E-state index is 0.0867. The lowest BCUT2D eigenvalue weighted by atomic mass is 9.67. The summed E-state index contributed by atoms with van der Waals surface area (Å²) in [6.45, 7) is 9.26. The van der Waals surface area contributed by atoms with E-state index >= 15 is 0 Å². The maximum absolute atomic E-state index is 3.81. The van der Waals surface area contributed by atoms with Crippen LogP contribution in [0.3, 0.4) is 0 Å². The molecule has 1 nitrogen and oxygen atoms in total. The van der Waals surface area contributed by atoms with Crippen LogP contribution in [-0.2, 0) is 10.8 Å². The van der Waals surface area contributed by atoms with Gasteiger partial charge >= 0.3 is 0 Å². The van der Waals surface area contributed by atoms with Crippen LogP contribution in [-0.4, -0.2) is 12.1 Å². The number of rotatable bonds is 8. The summed E-state index contributed by atoms with van der Waals surface area (Å²) in [5.41, 5.74) is 2.50. The molecule has 0 bridgehead atoms. The average molecular weight is 595 g/mol. The van der Waals surface area contributed by atoms with Gasteiger partial charge < -0.3 is 0 Å². The van der Waals surface area contributed by atoms with Crippen molar-refractivity contribution in [3.05, 3.63) is 117 Å². The van der Waals surface area contributed by atoms with Crippen molar-refractivity contribution in [3.63, 3.8) is 0 Å². The third-order valence-electron chi connectivity index (χ3n) is 8.24. The van der Waals surface area contributed by atoms with Crippen LogP contribution in [0.25, 0.3) is 0 Å². The normalized spacial score (nSPS) is 29.3. The minimum Gasteiger partial charge on any atom is -0.297 e. The molecule has 0 spiro atoms. The van der Waals surface area contributed by atoms with E-state index in [-0.39, 0.29) is 22.9 Å². The van der Waals surface area contributed by atoms with Gasteiger partial charge in [-0.15, -0.1) is 0 Å². The maximum Gasteiger partial charge on any atom is 0.0443 e. The van der Waals surface area contributed by atoms with Crippen LogP contribution in [0.2, 0.25) is 0 Å². The molecule has 0 fully saturated rings. The zero-order valence-corrected chi connectivity index (χ0v) is 24.4. The number of allylic oxidation sites excluding steroid dienone is 4. The van der Waals surface area contributed by atoms with E-state index in [1.54, 1.807) is 0 Å². The van der Waals surface area contributed by atoms with E-state index in [1.807, 2.05) is 0 Å². The largest absolute Gasteiger partial charge is 0.297 e. The Bertz CT molecular complexity index is 1020. The van der Waals surface area contributed by atoms with Crippen LogP contribution in [0.4, 0.5) is 0 Å². The molecular formula is C32H37Br2N. The highest BCUT2D eigenvalue weighted by molar-refractivity contribution is 9.10. The molecule has 184 valence electrons. The summed E-state index contributed by atoms with van der Waals surface area (Å²) in [7, 11) is 0. The van der Waals surface area contributed by atoms with Gasteiger partial charge in [0.15, 0.2) is 0 Å². The van der Waals surface area contributed by atoms with E-state index in [2.05, 4.69) is 162 Å². The molecule has 2 aromatic rings. The summed E-state index contributed by atoms with van der Waals surface area (Å²) in [5, 5.41) is 3.81. The molecule has 2 aliphatic rings. The summed E-state index contributed by atoms with van der Waals surface area (Å²) in [6.07, 6.45) is 21.3. The van der Waals surface area contributed by atoms with Crippen LogP contribution < -0.4 is 5.32 Å². The molecule has 2 aliphatic carbocycles. The van der Waals surface area contributed by atoms with Gasteiger partial charge in [0.25, 0.3) is 0 Å². The Morgan fingerprint density at radius 2 is 1.00 bits per heavy atom. The monoisotopic (exact) mass is 593 g/mol. The first-order valence-electron chi connectivity index (χ1n) is 12.9. The van der Waals surface area contributed by atoms with Gasteiger partial charge in [-0.05, 0) is 35.1 Å². The van der Waals surface area contributed by atoms with Gasteiger partial charge in [0.1, 0.15) is 0 Å². The first-order chi connectivity index (χ1) is 16.9. The average Bonchev–Trinajstić information content (AvgIpc) is 2.89. The van der Waals surface area contributed by atoms with E-state index in [0.29, 0.717) is 11.8 Å². The Hall–Kier alpha value is -1.68. The van der Waals surface area contributed by atoms with Crippen LogP contribution in [0.15, 0.2) is 106 Å². The molecule has 2 atom stereocenters. The van der Waals surface area contributed by atoms with Crippen molar-refractivity contribution in [1.82, 2.24) is 5.32 Å². The van der Waals surface area contributed by atoms with Crippen LogP contribution >= 0.6 is 31.9 Å². The standard InChI is InChI=1S/C32H37Br2N/c1-5-23(3)31(27-11-7-9-13-29(27)33)19-15-25(16-20-31)35-26-17-21-32(22-18-26,24(4)6-2)28-12-8-10-14-30(28)34/h7-26,35H,5-6H2,1-4H3. The van der Waals surface area contributed by atoms with Crippen molar-refractivity contribution >= 4 is 31.9 Å². The molecule has 0 amide bonds. The molecule has 1 N–H and O–H groups in total. The smallest absolute Gasteiger partial charge is 0.0443 e. The van der Waals surface area contributed by atoms with E-state index in [4.69, 9.17) is 0 Å². The van der Waals surface area contributed by atoms with Crippen molar-refractivity contribution < 1.29 is 0 Å². The molecule has 0 saturated heterocycles. The molecule has 0 aromatic heterocycles. The molecule has 0 aliphatic heterocycles. The molecule has 3 heteroatoms. The summed E-state index contributed by atoms with van der Waals surface area (Å²) >= 11 is 7.61. The highest BCUT2D eigenvalue weighted by Gasteiger charge is 2.37. The predicted molar refractivity (Wildman–Crippen MR) is 158 cm³/mol. The Morgan fingerprint density at radius 1 is 0.657 bits per heavy atom. The van der Waals surface area contributed by atoms with Crippen LogP contribution in [0.1, 0.15) is 51.7 Å². The number of nitrogens with one attached hydrogen (secondary N) is 1. The Kier molecular flexibility index (Phi) is 8.41. The third-order valence-corrected chi connectivity index (χ3v) is 9.62. The van der Waals surface area contributed by atoms with Gasteiger partial charge in [0.2, 0.25) is 0 Å². The van der Waals surface area contributed by atoms with E-state index < -0.39 is 0 Å². The van der Waals surface area contributed by atoms with Crippen LogP contribution in [0.5, 0.6) is 0 Å². The SMILES string of the molecule is CCC(C)C1(c2ccccc2Br)C=CC(NC2C=CC(c3ccccc3Br)(C(C)CC)C=C2)C=C1. The van der Waals surface area contributed by atoms with Gasteiger partial charge in [-0.1, -0.05) is 157 Å². The topological polar surface area (TPSA) is 12.0 Å². The number of benzene rings is 2. The summed E-state index contributed by atoms with van der Waals surface area (Å²) in [4.78, 5) is 0. The van der Waals surface area contributed by atoms with Gasteiger partial charge in [-0.3, -0.25) is 5.32 Å². The third kappa shape index (κ3) is 5.10. The second-order valence-electron chi connectivity index (χ2n) is 10.1. The molecule has 2 unspecified atom stereocenters. The second kappa shape index (κ2) is 11.2. The highest BCUT2D eigenvalue weighted by atomic mass is 79.9. The quantitative estimate of drug-likeness (QED) is 0.301. The predicted octanol–water partition coefficient (Wildman–Crippen LogP) is 9.06. The fourth-order valence-corrected chi connectivity index (χ4v) is 6.84. The lowest BCUT2D eigenvalue weighted by molar-refractivity contribution is 0.403. The fraction of sp³-hybridized carbons (Fsp3) is 0.375.